The summed E-state index contributed by atoms with van der Waals surface area (Å²) in [5, 5.41) is 3.56. The van der Waals surface area contributed by atoms with Gasteiger partial charge in [0.1, 0.15) is 0 Å². The lowest BCUT2D eigenvalue weighted by Crippen LogP contribution is -2.62. The third-order valence-corrected chi connectivity index (χ3v) is 10.4. The first kappa shape index (κ1) is 18.5. The first-order valence-electron chi connectivity index (χ1n) is 9.35. The highest BCUT2D eigenvalue weighted by atomic mass is 35.6. The monoisotopic (exact) mass is 396 g/mol. The molecule has 28 heavy (non-hydrogen) atoms. The van der Waals surface area contributed by atoms with Crippen LogP contribution in [0.15, 0.2) is 122 Å². The van der Waals surface area contributed by atoms with E-state index in [1.807, 2.05) is 30.3 Å². The molecule has 0 saturated heterocycles. The van der Waals surface area contributed by atoms with Crippen molar-refractivity contribution in [3.8, 4) is 0 Å². The van der Waals surface area contributed by atoms with Gasteiger partial charge in [0, 0.05) is 0 Å². The summed E-state index contributed by atoms with van der Waals surface area (Å²) >= 11 is 7.48. The zero-order chi connectivity index (χ0) is 19.4. The molecule has 0 bridgehead atoms. The third-order valence-electron chi connectivity index (χ3n) is 5.10. The fourth-order valence-corrected chi connectivity index (χ4v) is 7.61. The second kappa shape index (κ2) is 8.01. The summed E-state index contributed by atoms with van der Waals surface area (Å²) in [5.41, 5.74) is 3.27. The van der Waals surface area contributed by atoms with Gasteiger partial charge in [-0.1, -0.05) is 122 Å². The largest absolute Gasteiger partial charge is 0.247 e. The Morgan fingerprint density at radius 2 is 0.857 bits per heavy atom. The van der Waals surface area contributed by atoms with Crippen molar-refractivity contribution in [3.05, 3.63) is 133 Å². The summed E-state index contributed by atoms with van der Waals surface area (Å²) < 4.78 is 0. The van der Waals surface area contributed by atoms with Crippen molar-refractivity contribution in [3.63, 3.8) is 0 Å². The molecule has 0 heterocycles. The minimum absolute atomic E-state index is 1.02. The zero-order valence-corrected chi connectivity index (χ0v) is 17.3. The molecule has 136 valence electrons. The Morgan fingerprint density at radius 1 is 0.500 bits per heavy atom. The zero-order valence-electron chi connectivity index (χ0n) is 15.6. The van der Waals surface area contributed by atoms with Gasteiger partial charge in [0.2, 0.25) is 7.38 Å². The van der Waals surface area contributed by atoms with E-state index in [-0.39, 0.29) is 0 Å². The van der Waals surface area contributed by atoms with E-state index < -0.39 is 7.38 Å². The smallest absolute Gasteiger partial charge is 0.149 e. The van der Waals surface area contributed by atoms with Crippen LogP contribution < -0.4 is 15.6 Å². The van der Waals surface area contributed by atoms with Crippen molar-refractivity contribution in [2.45, 2.75) is 0 Å². The molecule has 4 aromatic rings. The molecule has 0 atom stereocenters. The Hall–Kier alpha value is -2.87. The van der Waals surface area contributed by atoms with Crippen LogP contribution in [0.5, 0.6) is 0 Å². The quantitative estimate of drug-likeness (QED) is 0.254. The van der Waals surface area contributed by atoms with Crippen LogP contribution in [0.4, 0.5) is 0 Å². The van der Waals surface area contributed by atoms with Crippen molar-refractivity contribution in [2.24, 2.45) is 0 Å². The van der Waals surface area contributed by atoms with Gasteiger partial charge in [0.05, 0.1) is 0 Å². The Labute approximate surface area is 172 Å². The van der Waals surface area contributed by atoms with Crippen LogP contribution >= 0.6 is 11.1 Å². The molecule has 0 aromatic heterocycles. The topological polar surface area (TPSA) is 0 Å². The third kappa shape index (κ3) is 3.47. The summed E-state index contributed by atoms with van der Waals surface area (Å²) in [7, 11) is -2.57. The molecule has 4 aromatic carbocycles. The van der Waals surface area contributed by atoms with Gasteiger partial charge in [-0.2, -0.15) is 0 Å². The fraction of sp³-hybridized carbons (Fsp3) is 0. The van der Waals surface area contributed by atoms with E-state index in [0.29, 0.717) is 0 Å². The summed E-state index contributed by atoms with van der Waals surface area (Å²) in [6, 6.07) is 39.8. The molecule has 0 aliphatic carbocycles. The van der Waals surface area contributed by atoms with Crippen molar-refractivity contribution in [1.29, 1.82) is 0 Å². The molecule has 0 spiro atoms. The lowest BCUT2D eigenvalue weighted by Gasteiger charge is -2.26. The Bertz CT molecular complexity index is 1020. The predicted octanol–water partition coefficient (Wildman–Crippen LogP) is 4.95. The SMILES string of the molecule is C=C(c1ccccc1)c1ccc([Si](Cl)(c2ccccc2)c2ccccc2)cc1. The van der Waals surface area contributed by atoms with Crippen molar-refractivity contribution in [2.75, 3.05) is 0 Å². The van der Waals surface area contributed by atoms with E-state index in [9.17, 15) is 0 Å². The summed E-state index contributed by atoms with van der Waals surface area (Å²) in [6.07, 6.45) is 0. The van der Waals surface area contributed by atoms with Gasteiger partial charge in [-0.25, -0.2) is 0 Å². The van der Waals surface area contributed by atoms with E-state index in [4.69, 9.17) is 11.1 Å². The van der Waals surface area contributed by atoms with Crippen LogP contribution in [-0.2, 0) is 0 Å². The summed E-state index contributed by atoms with van der Waals surface area (Å²) in [5.74, 6) is 0. The highest BCUT2D eigenvalue weighted by Crippen LogP contribution is 2.21. The molecule has 2 heteroatoms. The molecule has 0 aliphatic rings. The molecular formula is C26H21ClSi. The molecule has 0 amide bonds. The number of hydrogen-bond donors (Lipinski definition) is 0. The maximum atomic E-state index is 7.48. The Kier molecular flexibility index (Phi) is 5.29. The van der Waals surface area contributed by atoms with E-state index >= 15 is 0 Å². The Morgan fingerprint density at radius 3 is 1.32 bits per heavy atom. The molecule has 0 nitrogen and oxygen atoms in total. The molecule has 0 aliphatic heterocycles. The van der Waals surface area contributed by atoms with Gasteiger partial charge >= 0.3 is 0 Å². The molecular weight excluding hydrogens is 376 g/mol. The van der Waals surface area contributed by atoms with Crippen LogP contribution in [-0.4, -0.2) is 7.38 Å². The number of hydrogen-bond acceptors (Lipinski definition) is 0. The summed E-state index contributed by atoms with van der Waals surface area (Å²) in [6.45, 7) is 4.28. The van der Waals surface area contributed by atoms with Gasteiger partial charge in [-0.3, -0.25) is 0 Å². The fourth-order valence-electron chi connectivity index (χ4n) is 3.54. The van der Waals surface area contributed by atoms with Gasteiger partial charge in [0.25, 0.3) is 0 Å². The van der Waals surface area contributed by atoms with Crippen LogP contribution in [0.3, 0.4) is 0 Å². The normalized spacial score (nSPS) is 11.2. The van der Waals surface area contributed by atoms with Gasteiger partial charge in [-0.15, -0.1) is 11.1 Å². The molecule has 0 unspecified atom stereocenters. The lowest BCUT2D eigenvalue weighted by molar-refractivity contribution is 1.57. The van der Waals surface area contributed by atoms with Crippen LogP contribution in [0.25, 0.3) is 5.57 Å². The maximum Gasteiger partial charge on any atom is 0.247 e. The predicted molar refractivity (Wildman–Crippen MR) is 124 cm³/mol. The summed E-state index contributed by atoms with van der Waals surface area (Å²) in [4.78, 5) is 0. The number of rotatable bonds is 5. The molecule has 0 N–H and O–H groups in total. The minimum Gasteiger partial charge on any atom is -0.149 e. The molecule has 0 fully saturated rings. The average molecular weight is 397 g/mol. The van der Waals surface area contributed by atoms with Crippen molar-refractivity contribution < 1.29 is 0 Å². The van der Waals surface area contributed by atoms with Crippen molar-refractivity contribution in [1.82, 2.24) is 0 Å². The van der Waals surface area contributed by atoms with Gasteiger partial charge in [0.15, 0.2) is 0 Å². The highest BCUT2D eigenvalue weighted by molar-refractivity contribution is 7.40. The standard InChI is InChI=1S/C26H21ClSi/c1-21(22-11-5-2-6-12-22)23-17-19-26(20-18-23)28(27,24-13-7-3-8-14-24)25-15-9-4-10-16-25/h2-20H,1H2. The van der Waals surface area contributed by atoms with E-state index in [0.717, 1.165) is 16.7 Å². The van der Waals surface area contributed by atoms with E-state index in [1.165, 1.54) is 15.6 Å². The second-order valence-corrected chi connectivity index (χ2v) is 11.6. The number of benzene rings is 4. The maximum absolute atomic E-state index is 7.48. The van der Waals surface area contributed by atoms with Gasteiger partial charge in [-0.05, 0) is 32.3 Å². The highest BCUT2D eigenvalue weighted by Gasteiger charge is 2.37. The first-order chi connectivity index (χ1) is 13.7. The number of halogens is 1. The minimum atomic E-state index is -2.57. The van der Waals surface area contributed by atoms with Crippen LogP contribution in [0, 0.1) is 0 Å². The molecule has 0 saturated carbocycles. The van der Waals surface area contributed by atoms with Crippen molar-refractivity contribution >= 4 is 39.6 Å². The van der Waals surface area contributed by atoms with Gasteiger partial charge < -0.3 is 0 Å². The van der Waals surface area contributed by atoms with E-state index in [2.05, 4.69) is 91.5 Å². The van der Waals surface area contributed by atoms with E-state index in [1.54, 1.807) is 0 Å². The van der Waals surface area contributed by atoms with Crippen LogP contribution in [0.2, 0.25) is 0 Å². The first-order valence-corrected chi connectivity index (χ1v) is 12.4. The Balaban J connectivity index is 1.77. The molecule has 4 rings (SSSR count). The van der Waals surface area contributed by atoms with Crippen LogP contribution in [0.1, 0.15) is 11.1 Å². The second-order valence-electron chi connectivity index (χ2n) is 6.81. The average Bonchev–Trinajstić information content (AvgIpc) is 2.80. The molecule has 0 radical (unpaired) electrons. The lowest BCUT2D eigenvalue weighted by atomic mass is 10.00.